The fourth-order valence-corrected chi connectivity index (χ4v) is 4.05. The molecule has 3 amide bonds. The number of aromatic nitrogens is 2. The first-order chi connectivity index (χ1) is 18.6. The predicted molar refractivity (Wildman–Crippen MR) is 150 cm³/mol. The van der Waals surface area contributed by atoms with Gasteiger partial charge in [0.05, 0.1) is 12.4 Å². The molecule has 0 bridgehead atoms. The Labute approximate surface area is 232 Å². The number of carbonyl (C=O) groups is 4. The van der Waals surface area contributed by atoms with Gasteiger partial charge < -0.3 is 49.0 Å². The lowest BCUT2D eigenvalue weighted by atomic mass is 10.1. The third-order valence-corrected chi connectivity index (χ3v) is 6.36. The van der Waals surface area contributed by atoms with E-state index in [1.807, 2.05) is 6.26 Å². The van der Waals surface area contributed by atoms with Gasteiger partial charge in [0, 0.05) is 24.9 Å². The van der Waals surface area contributed by atoms with E-state index in [4.69, 9.17) is 22.9 Å². The molecule has 1 aromatic heterocycles. The molecule has 1 rings (SSSR count). The number of aliphatic carboxylic acids is 1. The number of carbonyl (C=O) groups excluding carboxylic acids is 3. The molecule has 0 aliphatic heterocycles. The molecule has 0 spiro atoms. The lowest BCUT2D eigenvalue weighted by Crippen LogP contribution is -2.57. The highest BCUT2D eigenvalue weighted by Crippen LogP contribution is 2.08. The summed E-state index contributed by atoms with van der Waals surface area (Å²) < 4.78 is 0. The van der Waals surface area contributed by atoms with Gasteiger partial charge in [-0.3, -0.25) is 19.4 Å². The molecule has 15 nitrogen and oxygen atoms in total. The first-order valence-electron chi connectivity index (χ1n) is 12.7. The van der Waals surface area contributed by atoms with Crippen LogP contribution in [-0.4, -0.2) is 94.0 Å². The number of carboxylic acid groups (broad SMARTS) is 1. The fraction of sp³-hybridized carbons (Fsp3) is 0.652. The van der Waals surface area contributed by atoms with Gasteiger partial charge in [0.2, 0.25) is 17.7 Å². The Morgan fingerprint density at radius 1 is 1.00 bits per heavy atom. The lowest BCUT2D eigenvalue weighted by Gasteiger charge is -2.25. The van der Waals surface area contributed by atoms with Gasteiger partial charge >= 0.3 is 5.97 Å². The molecular formula is C23H42N10O5S. The van der Waals surface area contributed by atoms with Crippen LogP contribution in [0.5, 0.6) is 0 Å². The van der Waals surface area contributed by atoms with Crippen molar-refractivity contribution in [2.45, 2.75) is 69.1 Å². The van der Waals surface area contributed by atoms with Gasteiger partial charge in [-0.2, -0.15) is 11.8 Å². The van der Waals surface area contributed by atoms with E-state index in [0.29, 0.717) is 37.3 Å². The van der Waals surface area contributed by atoms with E-state index >= 15 is 0 Å². The van der Waals surface area contributed by atoms with Gasteiger partial charge in [0.25, 0.3) is 0 Å². The second-order valence-corrected chi connectivity index (χ2v) is 9.91. The molecule has 1 heterocycles. The van der Waals surface area contributed by atoms with Crippen LogP contribution in [0.4, 0.5) is 0 Å². The molecule has 0 aromatic carbocycles. The number of nitrogens with one attached hydrogen (secondary N) is 4. The van der Waals surface area contributed by atoms with Gasteiger partial charge in [-0.15, -0.1) is 0 Å². The zero-order chi connectivity index (χ0) is 29.2. The summed E-state index contributed by atoms with van der Waals surface area (Å²) in [6, 6.07) is -4.10. The first kappa shape index (κ1) is 33.7. The molecule has 4 atom stereocenters. The molecule has 4 unspecified atom stereocenters. The van der Waals surface area contributed by atoms with Crippen molar-refractivity contribution in [2.75, 3.05) is 25.1 Å². The van der Waals surface area contributed by atoms with Crippen LogP contribution < -0.4 is 38.9 Å². The van der Waals surface area contributed by atoms with Gasteiger partial charge in [-0.25, -0.2) is 9.78 Å². The van der Waals surface area contributed by atoms with E-state index in [1.165, 1.54) is 18.1 Å². The number of H-pyrrole nitrogens is 1. The third-order valence-electron chi connectivity index (χ3n) is 5.71. The van der Waals surface area contributed by atoms with Crippen molar-refractivity contribution in [1.82, 2.24) is 25.9 Å². The summed E-state index contributed by atoms with van der Waals surface area (Å²) in [7, 11) is 0. The monoisotopic (exact) mass is 570 g/mol. The van der Waals surface area contributed by atoms with Crippen molar-refractivity contribution < 1.29 is 24.3 Å². The normalized spacial score (nSPS) is 13.9. The summed E-state index contributed by atoms with van der Waals surface area (Å²) in [5.41, 5.74) is 22.8. The van der Waals surface area contributed by atoms with Crippen LogP contribution in [0.2, 0.25) is 0 Å². The summed E-state index contributed by atoms with van der Waals surface area (Å²) in [4.78, 5) is 61.3. The number of nitrogens with zero attached hydrogens (tertiary/aromatic N) is 2. The van der Waals surface area contributed by atoms with Gasteiger partial charge in [0.1, 0.15) is 18.1 Å². The first-order valence-corrected chi connectivity index (χ1v) is 14.1. The Balaban J connectivity index is 2.90. The van der Waals surface area contributed by atoms with E-state index in [9.17, 15) is 24.3 Å². The molecule has 0 aliphatic carbocycles. The van der Waals surface area contributed by atoms with Gasteiger partial charge in [0.15, 0.2) is 5.96 Å². The van der Waals surface area contributed by atoms with Crippen LogP contribution in [0.3, 0.4) is 0 Å². The van der Waals surface area contributed by atoms with Crippen LogP contribution in [0.15, 0.2) is 17.5 Å². The van der Waals surface area contributed by atoms with Crippen LogP contribution in [0.25, 0.3) is 0 Å². The van der Waals surface area contributed by atoms with Crippen molar-refractivity contribution >= 4 is 41.4 Å². The molecular weight excluding hydrogens is 528 g/mol. The number of thioether (sulfide) groups is 1. The number of hydrogen-bond acceptors (Lipinski definition) is 9. The summed E-state index contributed by atoms with van der Waals surface area (Å²) in [5, 5.41) is 17.4. The number of carboxylic acids is 1. The quantitative estimate of drug-likeness (QED) is 0.0459. The maximum Gasteiger partial charge on any atom is 0.326 e. The minimum absolute atomic E-state index is 0.0903. The van der Waals surface area contributed by atoms with Crippen molar-refractivity contribution in [3.63, 3.8) is 0 Å². The summed E-state index contributed by atoms with van der Waals surface area (Å²) in [6.07, 6.45) is 7.21. The number of hydrogen-bond donors (Lipinski definition) is 9. The number of rotatable bonds is 20. The minimum atomic E-state index is -1.22. The third kappa shape index (κ3) is 13.8. The van der Waals surface area contributed by atoms with Crippen LogP contribution >= 0.6 is 11.8 Å². The van der Waals surface area contributed by atoms with Gasteiger partial charge in [-0.1, -0.05) is 0 Å². The standard InChI is InChI=1S/C23H42N10O5S/c1-39-10-7-17(21(36)33-18(22(37)38)6-4-9-29-23(26)27)32-20(35)16(5-2-3-8-24)31-19(34)15(25)11-14-12-28-13-30-14/h12-13,15-18H,2-11,24-25H2,1H3,(H,28,30)(H,31,34)(H,32,35)(H,33,36)(H,37,38)(H4,26,27,29). The molecule has 13 N–H and O–H groups in total. The number of unbranched alkanes of at least 4 members (excludes halogenated alkanes) is 1. The molecule has 39 heavy (non-hydrogen) atoms. The molecule has 1 aromatic rings. The van der Waals surface area contributed by atoms with Crippen molar-refractivity contribution in [2.24, 2.45) is 27.9 Å². The molecule has 16 heteroatoms. The van der Waals surface area contributed by atoms with E-state index in [0.717, 1.165) is 0 Å². The Kier molecular flexibility index (Phi) is 16.2. The number of nitrogens with two attached hydrogens (primary N) is 4. The fourth-order valence-electron chi connectivity index (χ4n) is 3.58. The Hall–Kier alpha value is -3.37. The van der Waals surface area contributed by atoms with Crippen LogP contribution in [0, 0.1) is 0 Å². The largest absolute Gasteiger partial charge is 0.480 e. The zero-order valence-corrected chi connectivity index (χ0v) is 23.0. The van der Waals surface area contributed by atoms with E-state index in [-0.39, 0.29) is 38.2 Å². The maximum absolute atomic E-state index is 13.2. The van der Waals surface area contributed by atoms with E-state index in [2.05, 4.69) is 30.9 Å². The molecule has 0 aliphatic rings. The Bertz CT molecular complexity index is 926. The van der Waals surface area contributed by atoms with E-state index in [1.54, 1.807) is 6.20 Å². The van der Waals surface area contributed by atoms with Crippen molar-refractivity contribution in [1.29, 1.82) is 0 Å². The molecule has 220 valence electrons. The highest BCUT2D eigenvalue weighted by atomic mass is 32.2. The number of guanidine groups is 1. The summed E-state index contributed by atoms with van der Waals surface area (Å²) >= 11 is 1.47. The molecule has 0 saturated heterocycles. The van der Waals surface area contributed by atoms with Crippen molar-refractivity contribution in [3.8, 4) is 0 Å². The topological polar surface area (TPSA) is 270 Å². The van der Waals surface area contributed by atoms with Crippen LogP contribution in [0.1, 0.15) is 44.2 Å². The van der Waals surface area contributed by atoms with Gasteiger partial charge in [-0.05, 0) is 57.1 Å². The predicted octanol–water partition coefficient (Wildman–Crippen LogP) is -2.25. The smallest absolute Gasteiger partial charge is 0.326 e. The highest BCUT2D eigenvalue weighted by Gasteiger charge is 2.30. The second-order valence-electron chi connectivity index (χ2n) is 8.92. The average Bonchev–Trinajstić information content (AvgIpc) is 3.40. The number of amides is 3. The summed E-state index contributed by atoms with van der Waals surface area (Å²) in [6.45, 7) is 0.626. The zero-order valence-electron chi connectivity index (χ0n) is 22.2. The van der Waals surface area contributed by atoms with Crippen molar-refractivity contribution in [3.05, 3.63) is 18.2 Å². The Morgan fingerprint density at radius 2 is 1.62 bits per heavy atom. The number of aromatic amines is 1. The lowest BCUT2D eigenvalue weighted by molar-refractivity contribution is -0.142. The number of aliphatic imine (C=N–C) groups is 1. The molecule has 0 fully saturated rings. The highest BCUT2D eigenvalue weighted by molar-refractivity contribution is 7.98. The van der Waals surface area contributed by atoms with E-state index < -0.39 is 47.9 Å². The molecule has 0 radical (unpaired) electrons. The van der Waals surface area contributed by atoms with Crippen LogP contribution in [-0.2, 0) is 25.6 Å². The Morgan fingerprint density at radius 3 is 2.18 bits per heavy atom. The minimum Gasteiger partial charge on any atom is -0.480 e. The average molecular weight is 571 g/mol. The molecule has 0 saturated carbocycles. The summed E-state index contributed by atoms with van der Waals surface area (Å²) in [5.74, 6) is -2.55. The second kappa shape index (κ2) is 18.8. The maximum atomic E-state index is 13.2. The number of imidazole rings is 1. The SMILES string of the molecule is CSCCC(NC(=O)C(CCCCN)NC(=O)C(N)Cc1cnc[nH]1)C(=O)NC(CCCN=C(N)N)C(=O)O.